The zero-order chi connectivity index (χ0) is 69.5. The number of aliphatic hydroxyl groups is 2. The highest BCUT2D eigenvalue weighted by Crippen LogP contribution is 2.46. The van der Waals surface area contributed by atoms with E-state index in [-0.39, 0.29) is 50.7 Å². The number of ether oxygens (including phenoxy) is 6. The predicted octanol–water partition coefficient (Wildman–Crippen LogP) is 10.3. The van der Waals surface area contributed by atoms with Crippen molar-refractivity contribution in [3.63, 3.8) is 0 Å². The molecule has 2 amide bonds. The summed E-state index contributed by atoms with van der Waals surface area (Å²) >= 11 is 0. The van der Waals surface area contributed by atoms with E-state index < -0.39 is 79.6 Å². The van der Waals surface area contributed by atoms with Gasteiger partial charge in [-0.15, -0.1) is 0 Å². The average molecular weight is 1260 g/mol. The van der Waals surface area contributed by atoms with Crippen LogP contribution in [0.1, 0.15) is 72.1 Å². The Morgan fingerprint density at radius 2 is 0.966 bits per heavy atom. The molecular weight excluding hydrogens is 1180 g/mol. The highest BCUT2D eigenvalue weighted by Gasteiger charge is 2.62. The number of allylic oxidation sites excluding steroid dienone is 2. The molecule has 0 unspecified atom stereocenters. The maximum atomic E-state index is 13.1. The molecule has 1 aromatic rings. The van der Waals surface area contributed by atoms with E-state index >= 15 is 0 Å². The number of benzene rings is 1. The standard InChI is InChI=1S/C11H11F9O2.C11H12O3.C9H16O2.C7H12O.C5H9NO.2C5H8O3.C3H5NO.C3H3N/c1-2-7(21)22-4-3-8(12,13)5-9(14,15)6-10(16,17)11(18,19)20;1-2-11(12)14-9-8-13-10-6-4-3-5-7-10;1-3-5-6-7-8-11-9(10)4-2;1-4-7(8)5-6(2)3;1-4-5(7)6(2)3;2*1-2-5(7)8-4-3-6;1-2-3(4)5;1-2-3-4/h2H,1,3-6H2;2-7H,1,8-9H2;4H,2-3,5-8H2,1H3;4,6H,1,5H2,2-3H3;4H,1H2,2-3H3;2*2,6H,1,3-4H2;2H,1H2,(H2,4,5);2H,1H2. The molecule has 0 fully saturated rings. The molecule has 0 heterocycles. The normalized spacial score (nSPS) is 9.66. The maximum Gasteiger partial charge on any atom is 0.453 e. The van der Waals surface area contributed by atoms with E-state index in [4.69, 9.17) is 29.7 Å². The van der Waals surface area contributed by atoms with E-state index in [1.165, 1.54) is 42.0 Å². The molecule has 0 atom stereocenters. The van der Waals surface area contributed by atoms with Crippen LogP contribution in [0, 0.1) is 17.2 Å². The number of carbonyl (C=O) groups excluding carboxylic acids is 8. The Morgan fingerprint density at radius 3 is 1.25 bits per heavy atom. The minimum Gasteiger partial charge on any atom is -0.490 e. The first kappa shape index (κ1) is 94.8. The number of carbonyl (C=O) groups is 8. The van der Waals surface area contributed by atoms with E-state index in [0.717, 1.165) is 42.9 Å². The number of alkyl halides is 9. The number of aliphatic hydroxyl groups excluding tert-OH is 2. The SMILES string of the molecule is C=CC#N.C=CC(=O)CC(C)C.C=CC(=O)N(C)C.C=CC(=O)OCCC(F)(F)CC(F)(F)CC(F)(F)C(F)(F)F.C=CC(=O)OCCCCCC.C=CC(=O)OCCO.C=CC(=O)OCCO.C=CC(=O)OCCOc1ccccc1.C=CC(N)=O. The van der Waals surface area contributed by atoms with Gasteiger partial charge in [-0.2, -0.15) is 27.2 Å². The molecule has 4 N–H and O–H groups in total. The van der Waals surface area contributed by atoms with E-state index in [9.17, 15) is 77.9 Å². The number of amides is 2. The second-order valence-corrected chi connectivity index (χ2v) is 16.2. The quantitative estimate of drug-likeness (QED) is 0.0161. The second kappa shape index (κ2) is 62.0. The smallest absolute Gasteiger partial charge is 0.453 e. The Bertz CT molecular complexity index is 2180. The third-order valence-electron chi connectivity index (χ3n) is 7.96. The molecule has 0 saturated heterocycles. The fraction of sp³-hybridized carbons (Fsp3) is 0.441. The summed E-state index contributed by atoms with van der Waals surface area (Å²) in [7, 11) is 3.37. The zero-order valence-electron chi connectivity index (χ0n) is 49.8. The molecule has 19 nitrogen and oxygen atoms in total. The van der Waals surface area contributed by atoms with Crippen LogP contribution in [0.15, 0.2) is 144 Å². The number of para-hydroxylation sites is 1. The summed E-state index contributed by atoms with van der Waals surface area (Å²) in [5, 5.41) is 23.7. The Labute approximate surface area is 503 Å². The Hall–Kier alpha value is -8.58. The van der Waals surface area contributed by atoms with Crippen molar-refractivity contribution in [1.29, 1.82) is 5.26 Å². The monoisotopic (exact) mass is 1260 g/mol. The largest absolute Gasteiger partial charge is 0.490 e. The molecule has 0 aliphatic heterocycles. The molecule has 0 aromatic heterocycles. The van der Waals surface area contributed by atoms with Crippen molar-refractivity contribution in [2.24, 2.45) is 11.7 Å². The highest BCUT2D eigenvalue weighted by molar-refractivity contribution is 5.89. The lowest BCUT2D eigenvalue weighted by Gasteiger charge is -2.27. The topological polar surface area (TPSA) is 285 Å². The second-order valence-electron chi connectivity index (χ2n) is 16.2. The molecule has 0 radical (unpaired) electrons. The zero-order valence-corrected chi connectivity index (χ0v) is 49.8. The first-order valence-electron chi connectivity index (χ1n) is 25.4. The van der Waals surface area contributed by atoms with Gasteiger partial charge >= 0.3 is 41.9 Å². The van der Waals surface area contributed by atoms with Crippen LogP contribution in [-0.4, -0.2) is 153 Å². The van der Waals surface area contributed by atoms with Gasteiger partial charge in [-0.3, -0.25) is 14.4 Å². The molecule has 0 bridgehead atoms. The Kier molecular flexibility index (Phi) is 67.5. The number of hydrogen-bond acceptors (Lipinski definition) is 17. The molecule has 1 aromatic carbocycles. The van der Waals surface area contributed by atoms with Crippen LogP contribution in [0.25, 0.3) is 0 Å². The van der Waals surface area contributed by atoms with E-state index in [1.807, 2.05) is 44.2 Å². The number of hydrogen-bond donors (Lipinski definition) is 3. The van der Waals surface area contributed by atoms with Crippen LogP contribution in [-0.2, 0) is 62.0 Å². The van der Waals surface area contributed by atoms with E-state index in [2.05, 4.69) is 86.1 Å². The number of nitrogens with zero attached hydrogens (tertiary/aromatic N) is 2. The number of primary amides is 1. The molecule has 494 valence electrons. The first-order chi connectivity index (χ1) is 40.4. The molecule has 0 aliphatic rings. The Morgan fingerprint density at radius 1 is 0.575 bits per heavy atom. The summed E-state index contributed by atoms with van der Waals surface area (Å²) in [4.78, 5) is 83.7. The van der Waals surface area contributed by atoms with Gasteiger partial charge in [0.1, 0.15) is 32.2 Å². The van der Waals surface area contributed by atoms with Crippen LogP contribution in [0.4, 0.5) is 39.5 Å². The first-order valence-corrected chi connectivity index (χ1v) is 25.4. The number of esters is 5. The van der Waals surface area contributed by atoms with Gasteiger partial charge in [0.05, 0.1) is 45.3 Å². The van der Waals surface area contributed by atoms with Gasteiger partial charge in [-0.05, 0) is 42.7 Å². The van der Waals surface area contributed by atoms with Crippen LogP contribution in [0.5, 0.6) is 5.75 Å². The van der Waals surface area contributed by atoms with Crippen molar-refractivity contribution in [3.8, 4) is 11.8 Å². The van der Waals surface area contributed by atoms with E-state index in [0.29, 0.717) is 31.6 Å². The molecule has 1 rings (SSSR count). The molecule has 0 saturated carbocycles. The van der Waals surface area contributed by atoms with Crippen molar-refractivity contribution in [2.75, 3.05) is 67.0 Å². The van der Waals surface area contributed by atoms with E-state index in [1.54, 1.807) is 20.2 Å². The lowest BCUT2D eigenvalue weighted by atomic mass is 10.0. The molecular formula is C59H84F9N3O16. The van der Waals surface area contributed by atoms with Crippen molar-refractivity contribution < 1.29 is 117 Å². The van der Waals surface area contributed by atoms with Crippen LogP contribution < -0.4 is 10.5 Å². The summed E-state index contributed by atoms with van der Waals surface area (Å²) in [6.45, 7) is 34.8. The van der Waals surface area contributed by atoms with Gasteiger partial charge in [0.2, 0.25) is 11.8 Å². The number of rotatable bonds is 30. The number of halogens is 9. The Balaban J connectivity index is -0.000000141. The van der Waals surface area contributed by atoms with Gasteiger partial charge in [0, 0.05) is 63.4 Å². The summed E-state index contributed by atoms with van der Waals surface area (Å²) in [6.07, 6.45) is 1.72. The summed E-state index contributed by atoms with van der Waals surface area (Å²) in [5.74, 6) is -17.1. The number of nitrogens with two attached hydrogens (primary N) is 1. The van der Waals surface area contributed by atoms with Gasteiger partial charge in [-0.25, -0.2) is 41.5 Å². The highest BCUT2D eigenvalue weighted by atomic mass is 19.4. The van der Waals surface area contributed by atoms with Gasteiger partial charge in [-0.1, -0.05) is 117 Å². The van der Waals surface area contributed by atoms with Gasteiger partial charge in [0.25, 0.3) is 11.8 Å². The predicted molar refractivity (Wildman–Crippen MR) is 310 cm³/mol. The fourth-order valence-electron chi connectivity index (χ4n) is 4.03. The minimum atomic E-state index is -6.27. The number of unbranched alkanes of at least 4 members (excludes halogenated alkanes) is 3. The molecule has 87 heavy (non-hydrogen) atoms. The van der Waals surface area contributed by atoms with Crippen molar-refractivity contribution in [1.82, 2.24) is 4.90 Å². The number of nitriles is 1. The third kappa shape index (κ3) is 79.5. The van der Waals surface area contributed by atoms with Crippen molar-refractivity contribution >= 4 is 47.4 Å². The lowest BCUT2D eigenvalue weighted by Crippen LogP contribution is -2.43. The third-order valence-corrected chi connectivity index (χ3v) is 7.96. The lowest BCUT2D eigenvalue weighted by molar-refractivity contribution is -0.304. The number of ketones is 1. The number of likely N-dealkylation sites (N-methyl/N-ethyl adjacent to an activating group) is 1. The van der Waals surface area contributed by atoms with Crippen molar-refractivity contribution in [2.45, 2.75) is 96.1 Å². The summed E-state index contributed by atoms with van der Waals surface area (Å²) in [5.41, 5.74) is 4.53. The molecule has 0 aliphatic carbocycles. The van der Waals surface area contributed by atoms with Gasteiger partial charge < -0.3 is 49.3 Å². The van der Waals surface area contributed by atoms with Gasteiger partial charge in [0.15, 0.2) is 5.78 Å². The molecule has 28 heteroatoms. The fourth-order valence-corrected chi connectivity index (χ4v) is 4.03. The van der Waals surface area contributed by atoms with Crippen LogP contribution in [0.3, 0.4) is 0 Å². The average Bonchev–Trinajstić information content (AvgIpc) is 2.72. The van der Waals surface area contributed by atoms with Crippen LogP contribution >= 0.6 is 0 Å². The maximum absolute atomic E-state index is 13.1. The summed E-state index contributed by atoms with van der Waals surface area (Å²) < 4.78 is 140. The minimum absolute atomic E-state index is 0.0465. The van der Waals surface area contributed by atoms with Crippen molar-refractivity contribution in [3.05, 3.63) is 144 Å². The van der Waals surface area contributed by atoms with Crippen LogP contribution in [0.2, 0.25) is 0 Å². The molecule has 0 spiro atoms. The summed E-state index contributed by atoms with van der Waals surface area (Å²) in [6, 6.07) is 11.0.